The fourth-order valence-corrected chi connectivity index (χ4v) is 6.89. The minimum atomic E-state index is 0.0276. The number of rotatable bonds is 39. The van der Waals surface area contributed by atoms with Gasteiger partial charge in [-0.05, 0) is 52.7 Å². The summed E-state index contributed by atoms with van der Waals surface area (Å²) in [6, 6.07) is 0. The summed E-state index contributed by atoms with van der Waals surface area (Å²) in [6.07, 6.45) is 48.6. The molecule has 3 nitrogen and oxygen atoms in total. The molecule has 0 heterocycles. The lowest BCUT2D eigenvalue weighted by Crippen LogP contribution is -2.20. The van der Waals surface area contributed by atoms with E-state index >= 15 is 0 Å². The van der Waals surface area contributed by atoms with Gasteiger partial charge in [0.15, 0.2) is 0 Å². The molecule has 0 fully saturated rings. The van der Waals surface area contributed by atoms with Crippen molar-refractivity contribution >= 4 is 5.97 Å². The van der Waals surface area contributed by atoms with Crippen molar-refractivity contribution in [3.8, 4) is 0 Å². The summed E-state index contributed by atoms with van der Waals surface area (Å²) < 4.78 is 6.02. The lowest BCUT2D eigenvalue weighted by Gasteiger charge is -2.18. The van der Waals surface area contributed by atoms with E-state index < -0.39 is 0 Å². The lowest BCUT2D eigenvalue weighted by atomic mass is 10.0. The first kappa shape index (κ1) is 53.8. The highest BCUT2D eigenvalue weighted by Crippen LogP contribution is 2.19. The number of carbonyl (C=O) groups is 1. The van der Waals surface area contributed by atoms with Gasteiger partial charge in [0.2, 0.25) is 0 Å². The molecule has 3 heteroatoms. The fraction of sp³-hybridized carbons (Fsp3) is 0.979. The normalized spacial score (nSPS) is 11.0. The largest absolute Gasteiger partial charge is 0.462 e. The first-order valence-corrected chi connectivity index (χ1v) is 23.4. The van der Waals surface area contributed by atoms with Crippen molar-refractivity contribution in [2.45, 2.75) is 279 Å². The number of carbonyl (C=O) groups excluding carboxylic acids is 1. The third-order valence-electron chi connectivity index (χ3n) is 10.0. The zero-order chi connectivity index (χ0) is 37.6. The molecule has 50 heavy (non-hydrogen) atoms. The third kappa shape index (κ3) is 49.5. The summed E-state index contributed by atoms with van der Waals surface area (Å²) in [5.41, 5.74) is 0. The molecule has 0 aromatic rings. The zero-order valence-corrected chi connectivity index (χ0v) is 36.5. The maximum Gasteiger partial charge on any atom is 0.306 e. The second-order valence-corrected chi connectivity index (χ2v) is 15.2. The number of unbranched alkanes of at least 4 members (excludes halogenated alkanes) is 30. The number of esters is 1. The monoisotopic (exact) mass is 710 g/mol. The molecule has 0 aliphatic rings. The molecule has 0 saturated heterocycles. The minimum Gasteiger partial charge on any atom is -0.462 e. The molecule has 0 aliphatic carbocycles. The fourth-order valence-electron chi connectivity index (χ4n) is 6.89. The highest BCUT2D eigenvalue weighted by molar-refractivity contribution is 5.69. The quantitative estimate of drug-likeness (QED) is 0.0470. The Labute approximate surface area is 319 Å². The Balaban J connectivity index is -0.00000531. The summed E-state index contributed by atoms with van der Waals surface area (Å²) in [4.78, 5) is 14.7. The van der Waals surface area contributed by atoms with Crippen molar-refractivity contribution < 1.29 is 9.53 Å². The number of nitrogens with zero attached hydrogens (tertiary/aromatic N) is 1. The Hall–Kier alpha value is -0.570. The number of hydrogen-bond donors (Lipinski definition) is 0. The van der Waals surface area contributed by atoms with Crippen LogP contribution in [0.1, 0.15) is 273 Å². The molecular weight excluding hydrogens is 611 g/mol. The van der Waals surface area contributed by atoms with Gasteiger partial charge in [0.25, 0.3) is 0 Å². The van der Waals surface area contributed by atoms with Gasteiger partial charge >= 0.3 is 5.97 Å². The average molecular weight is 710 g/mol. The van der Waals surface area contributed by atoms with E-state index in [1.165, 1.54) is 205 Å². The van der Waals surface area contributed by atoms with Crippen LogP contribution in [0.3, 0.4) is 0 Å². The molecule has 0 radical (unpaired) electrons. The van der Waals surface area contributed by atoms with Crippen molar-refractivity contribution in [3.05, 3.63) is 0 Å². The van der Waals surface area contributed by atoms with Crippen LogP contribution in [-0.2, 0) is 9.53 Å². The maximum atomic E-state index is 12.5. The molecule has 0 aliphatic heterocycles. The van der Waals surface area contributed by atoms with Crippen LogP contribution >= 0.6 is 0 Å². The zero-order valence-electron chi connectivity index (χ0n) is 36.5. The first-order valence-electron chi connectivity index (χ1n) is 23.4. The SMILES string of the molecule is CC.CC.CCCCCCCCCCCCCCCCCCC(CCCCCCCCCCCCCCCCCC)OC(=O)CCCN(C)C. The molecule has 0 bridgehead atoms. The Bertz CT molecular complexity index is 542. The molecule has 0 N–H and O–H groups in total. The van der Waals surface area contributed by atoms with Crippen molar-refractivity contribution in [3.63, 3.8) is 0 Å². The van der Waals surface area contributed by atoms with Crippen LogP contribution < -0.4 is 0 Å². The van der Waals surface area contributed by atoms with Crippen LogP contribution in [0.2, 0.25) is 0 Å². The average Bonchev–Trinajstić information content (AvgIpc) is 3.12. The van der Waals surface area contributed by atoms with Crippen LogP contribution in [0.25, 0.3) is 0 Å². The Morgan fingerprint density at radius 3 is 0.880 bits per heavy atom. The van der Waals surface area contributed by atoms with E-state index in [9.17, 15) is 4.79 Å². The van der Waals surface area contributed by atoms with Crippen molar-refractivity contribution in [1.29, 1.82) is 0 Å². The van der Waals surface area contributed by atoms with Gasteiger partial charge in [-0.15, -0.1) is 0 Å². The molecular formula is C47H99NO2. The minimum absolute atomic E-state index is 0.0276. The summed E-state index contributed by atoms with van der Waals surface area (Å²) >= 11 is 0. The van der Waals surface area contributed by atoms with Crippen molar-refractivity contribution in [1.82, 2.24) is 4.90 Å². The standard InChI is InChI=1S/C43H87NO2.2C2H6/c1-5-7-9-11-13-15-17-19-21-23-25-27-29-31-33-35-38-42(46-43(45)40-37-41-44(3)4)39-36-34-32-30-28-26-24-22-20-18-16-14-12-10-8-6-2;2*1-2/h42H,5-41H2,1-4H3;2*1-2H3. The van der Waals surface area contributed by atoms with Gasteiger partial charge < -0.3 is 9.64 Å². The second-order valence-electron chi connectivity index (χ2n) is 15.2. The smallest absolute Gasteiger partial charge is 0.306 e. The van der Waals surface area contributed by atoms with Gasteiger partial charge in [-0.2, -0.15) is 0 Å². The highest BCUT2D eigenvalue weighted by atomic mass is 16.5. The maximum absolute atomic E-state index is 12.5. The van der Waals surface area contributed by atoms with E-state index in [4.69, 9.17) is 4.74 Å². The van der Waals surface area contributed by atoms with E-state index in [1.54, 1.807) is 0 Å². The van der Waals surface area contributed by atoms with Crippen LogP contribution in [0, 0.1) is 0 Å². The molecule has 304 valence electrons. The van der Waals surface area contributed by atoms with E-state index in [1.807, 2.05) is 27.7 Å². The molecule has 0 amide bonds. The molecule has 0 rings (SSSR count). The van der Waals surface area contributed by atoms with E-state index in [-0.39, 0.29) is 12.1 Å². The van der Waals surface area contributed by atoms with E-state index in [0.717, 1.165) is 25.8 Å². The summed E-state index contributed by atoms with van der Waals surface area (Å²) in [6.45, 7) is 13.6. The van der Waals surface area contributed by atoms with Gasteiger partial charge in [-0.3, -0.25) is 4.79 Å². The molecule has 0 saturated carbocycles. The molecule has 0 unspecified atom stereocenters. The van der Waals surface area contributed by atoms with Gasteiger partial charge in [0.1, 0.15) is 6.10 Å². The number of hydrogen-bond acceptors (Lipinski definition) is 3. The van der Waals surface area contributed by atoms with Gasteiger partial charge in [-0.25, -0.2) is 0 Å². The Morgan fingerprint density at radius 2 is 0.640 bits per heavy atom. The third-order valence-corrected chi connectivity index (χ3v) is 10.0. The highest BCUT2D eigenvalue weighted by Gasteiger charge is 2.14. The summed E-state index contributed by atoms with van der Waals surface area (Å²) in [5, 5.41) is 0. The summed E-state index contributed by atoms with van der Waals surface area (Å²) in [7, 11) is 4.14. The van der Waals surface area contributed by atoms with Crippen LogP contribution in [-0.4, -0.2) is 37.6 Å². The molecule has 0 atom stereocenters. The molecule has 0 aromatic heterocycles. The van der Waals surface area contributed by atoms with E-state index in [0.29, 0.717) is 6.42 Å². The second kappa shape index (κ2) is 50.5. The predicted molar refractivity (Wildman–Crippen MR) is 229 cm³/mol. The van der Waals surface area contributed by atoms with Crippen molar-refractivity contribution in [2.24, 2.45) is 0 Å². The predicted octanol–water partition coefficient (Wildman–Crippen LogP) is 16.6. The Kier molecular flexibility index (Phi) is 54.4. The van der Waals surface area contributed by atoms with Crippen molar-refractivity contribution in [2.75, 3.05) is 20.6 Å². The lowest BCUT2D eigenvalue weighted by molar-refractivity contribution is -0.150. The van der Waals surface area contributed by atoms with Crippen LogP contribution in [0.5, 0.6) is 0 Å². The van der Waals surface area contributed by atoms with E-state index in [2.05, 4.69) is 32.8 Å². The number of ether oxygens (including phenoxy) is 1. The van der Waals surface area contributed by atoms with Crippen LogP contribution in [0.15, 0.2) is 0 Å². The topological polar surface area (TPSA) is 29.5 Å². The Morgan fingerprint density at radius 1 is 0.400 bits per heavy atom. The van der Waals surface area contributed by atoms with Gasteiger partial charge in [-0.1, -0.05) is 234 Å². The van der Waals surface area contributed by atoms with Gasteiger partial charge in [0, 0.05) is 6.42 Å². The van der Waals surface area contributed by atoms with Gasteiger partial charge in [0.05, 0.1) is 0 Å². The summed E-state index contributed by atoms with van der Waals surface area (Å²) in [5.74, 6) is 0.0276. The first-order chi connectivity index (χ1) is 24.6. The molecule has 0 spiro atoms. The molecule has 0 aromatic carbocycles. The van der Waals surface area contributed by atoms with Crippen LogP contribution in [0.4, 0.5) is 0 Å².